The molecule has 4 nitrogen and oxygen atoms in total. The number of benzene rings is 1. The monoisotopic (exact) mass is 222 g/mol. The van der Waals surface area contributed by atoms with Gasteiger partial charge < -0.3 is 15.8 Å². The van der Waals surface area contributed by atoms with Crippen molar-refractivity contribution in [3.8, 4) is 5.75 Å². The molecule has 0 fully saturated rings. The Balaban J connectivity index is 2.66. The highest BCUT2D eigenvalue weighted by Gasteiger charge is 2.09. The summed E-state index contributed by atoms with van der Waals surface area (Å²) in [5, 5.41) is 2.77. The van der Waals surface area contributed by atoms with Gasteiger partial charge in [-0.3, -0.25) is 4.79 Å². The quantitative estimate of drug-likeness (QED) is 0.777. The van der Waals surface area contributed by atoms with Crippen molar-refractivity contribution in [2.75, 3.05) is 20.2 Å². The molecule has 0 aliphatic rings. The average Bonchev–Trinajstić information content (AvgIpc) is 2.30. The maximum atomic E-state index is 10.8. The highest BCUT2D eigenvalue weighted by atomic mass is 16.5. The average molecular weight is 222 g/mol. The smallest absolute Gasteiger partial charge is 0.216 e. The van der Waals surface area contributed by atoms with Gasteiger partial charge in [0.1, 0.15) is 5.75 Å². The molecule has 0 aliphatic heterocycles. The van der Waals surface area contributed by atoms with Gasteiger partial charge in [-0.05, 0) is 17.7 Å². The minimum atomic E-state index is -0.0352. The van der Waals surface area contributed by atoms with Gasteiger partial charge in [-0.2, -0.15) is 0 Å². The maximum Gasteiger partial charge on any atom is 0.216 e. The van der Waals surface area contributed by atoms with Gasteiger partial charge in [-0.25, -0.2) is 0 Å². The first-order valence-corrected chi connectivity index (χ1v) is 5.25. The second kappa shape index (κ2) is 6.12. The molecule has 0 saturated carbocycles. The Morgan fingerprint density at radius 1 is 1.44 bits per heavy atom. The Bertz CT molecular complexity index is 335. The second-order valence-corrected chi connectivity index (χ2v) is 3.64. The molecule has 1 amide bonds. The predicted molar refractivity (Wildman–Crippen MR) is 63.5 cm³/mol. The fraction of sp³-hybridized carbons (Fsp3) is 0.417. The van der Waals surface area contributed by atoms with Crippen molar-refractivity contribution < 1.29 is 9.53 Å². The van der Waals surface area contributed by atoms with Crippen molar-refractivity contribution in [3.63, 3.8) is 0 Å². The number of amides is 1. The van der Waals surface area contributed by atoms with E-state index in [1.807, 2.05) is 24.3 Å². The fourth-order valence-electron chi connectivity index (χ4n) is 1.48. The van der Waals surface area contributed by atoms with E-state index in [0.29, 0.717) is 13.1 Å². The van der Waals surface area contributed by atoms with Gasteiger partial charge in [0.05, 0.1) is 7.11 Å². The van der Waals surface area contributed by atoms with Gasteiger partial charge in [0.15, 0.2) is 0 Å². The lowest BCUT2D eigenvalue weighted by Gasteiger charge is -2.15. The van der Waals surface area contributed by atoms with Crippen molar-refractivity contribution in [1.29, 1.82) is 0 Å². The molecule has 0 aliphatic carbocycles. The number of nitrogens with two attached hydrogens (primary N) is 1. The van der Waals surface area contributed by atoms with E-state index in [-0.39, 0.29) is 11.8 Å². The number of hydrogen-bond donors (Lipinski definition) is 2. The van der Waals surface area contributed by atoms with Crippen LogP contribution >= 0.6 is 0 Å². The van der Waals surface area contributed by atoms with E-state index < -0.39 is 0 Å². The SMILES string of the molecule is COc1ccc(C(CN)CNC(C)=O)cc1. The Morgan fingerprint density at radius 2 is 2.06 bits per heavy atom. The third kappa shape index (κ3) is 3.55. The molecular weight excluding hydrogens is 204 g/mol. The molecule has 0 aromatic heterocycles. The number of nitrogens with one attached hydrogen (secondary N) is 1. The summed E-state index contributed by atoms with van der Waals surface area (Å²) >= 11 is 0. The third-order valence-electron chi connectivity index (χ3n) is 2.47. The molecular formula is C12H18N2O2. The zero-order valence-electron chi connectivity index (χ0n) is 9.69. The van der Waals surface area contributed by atoms with Gasteiger partial charge in [-0.1, -0.05) is 12.1 Å². The Labute approximate surface area is 95.8 Å². The number of ether oxygens (including phenoxy) is 1. The maximum absolute atomic E-state index is 10.8. The first-order valence-electron chi connectivity index (χ1n) is 5.25. The van der Waals surface area contributed by atoms with Gasteiger partial charge in [0, 0.05) is 25.9 Å². The lowest BCUT2D eigenvalue weighted by Crippen LogP contribution is -2.29. The first-order chi connectivity index (χ1) is 7.67. The van der Waals surface area contributed by atoms with E-state index in [1.165, 1.54) is 6.92 Å². The summed E-state index contributed by atoms with van der Waals surface area (Å²) in [6.07, 6.45) is 0. The number of methoxy groups -OCH3 is 1. The molecule has 4 heteroatoms. The molecule has 1 aromatic rings. The third-order valence-corrected chi connectivity index (χ3v) is 2.47. The fourth-order valence-corrected chi connectivity index (χ4v) is 1.48. The van der Waals surface area contributed by atoms with Crippen LogP contribution in [-0.4, -0.2) is 26.1 Å². The molecule has 1 atom stereocenters. The molecule has 0 saturated heterocycles. The van der Waals surface area contributed by atoms with Crippen molar-refractivity contribution in [3.05, 3.63) is 29.8 Å². The minimum Gasteiger partial charge on any atom is -0.497 e. The summed E-state index contributed by atoms with van der Waals surface area (Å²) < 4.78 is 5.08. The molecule has 16 heavy (non-hydrogen) atoms. The van der Waals surface area contributed by atoms with Crippen molar-refractivity contribution in [2.24, 2.45) is 5.73 Å². The molecule has 0 bridgehead atoms. The van der Waals surface area contributed by atoms with E-state index in [4.69, 9.17) is 10.5 Å². The molecule has 0 heterocycles. The van der Waals surface area contributed by atoms with Crippen LogP contribution in [0.2, 0.25) is 0 Å². The summed E-state index contributed by atoms with van der Waals surface area (Å²) in [5.41, 5.74) is 6.79. The van der Waals surface area contributed by atoms with Crippen LogP contribution in [0.1, 0.15) is 18.4 Å². The Kier molecular flexibility index (Phi) is 4.79. The number of carbonyl (C=O) groups is 1. The molecule has 88 valence electrons. The van der Waals surface area contributed by atoms with Gasteiger partial charge in [0.25, 0.3) is 0 Å². The Hall–Kier alpha value is -1.55. The largest absolute Gasteiger partial charge is 0.497 e. The summed E-state index contributed by atoms with van der Waals surface area (Å²) in [5.74, 6) is 0.931. The van der Waals surface area contributed by atoms with Crippen LogP contribution in [0, 0.1) is 0 Å². The summed E-state index contributed by atoms with van der Waals surface area (Å²) in [7, 11) is 1.63. The first kappa shape index (κ1) is 12.5. The number of carbonyl (C=O) groups excluding carboxylic acids is 1. The predicted octanol–water partition coefficient (Wildman–Crippen LogP) is 0.874. The van der Waals surface area contributed by atoms with Crippen LogP contribution in [0.5, 0.6) is 5.75 Å². The van der Waals surface area contributed by atoms with Crippen molar-refractivity contribution >= 4 is 5.91 Å². The topological polar surface area (TPSA) is 64.3 Å². The molecule has 3 N–H and O–H groups in total. The summed E-state index contributed by atoms with van der Waals surface area (Å²) in [4.78, 5) is 10.8. The van der Waals surface area contributed by atoms with E-state index in [9.17, 15) is 4.79 Å². The molecule has 0 radical (unpaired) electrons. The molecule has 0 spiro atoms. The highest BCUT2D eigenvalue weighted by molar-refractivity contribution is 5.72. The minimum absolute atomic E-state index is 0.0352. The zero-order chi connectivity index (χ0) is 12.0. The van der Waals surface area contributed by atoms with Crippen LogP contribution in [0.25, 0.3) is 0 Å². The highest BCUT2D eigenvalue weighted by Crippen LogP contribution is 2.18. The van der Waals surface area contributed by atoms with Crippen LogP contribution in [-0.2, 0) is 4.79 Å². The Morgan fingerprint density at radius 3 is 2.50 bits per heavy atom. The van der Waals surface area contributed by atoms with Gasteiger partial charge in [0.2, 0.25) is 5.91 Å². The molecule has 1 unspecified atom stereocenters. The normalized spacial score (nSPS) is 11.9. The lowest BCUT2D eigenvalue weighted by atomic mass is 9.99. The van der Waals surface area contributed by atoms with Crippen LogP contribution in [0.4, 0.5) is 0 Å². The van der Waals surface area contributed by atoms with Gasteiger partial charge >= 0.3 is 0 Å². The summed E-state index contributed by atoms with van der Waals surface area (Å²) in [6, 6.07) is 7.73. The van der Waals surface area contributed by atoms with E-state index in [1.54, 1.807) is 7.11 Å². The number of rotatable bonds is 5. The summed E-state index contributed by atoms with van der Waals surface area (Å²) in [6.45, 7) is 2.58. The van der Waals surface area contributed by atoms with Crippen LogP contribution in [0.15, 0.2) is 24.3 Å². The number of hydrogen-bond acceptors (Lipinski definition) is 3. The second-order valence-electron chi connectivity index (χ2n) is 3.64. The lowest BCUT2D eigenvalue weighted by molar-refractivity contribution is -0.119. The molecule has 1 aromatic carbocycles. The van der Waals surface area contributed by atoms with Gasteiger partial charge in [-0.15, -0.1) is 0 Å². The standard InChI is InChI=1S/C12H18N2O2/c1-9(15)14-8-11(7-13)10-3-5-12(16-2)6-4-10/h3-6,11H,7-8,13H2,1-2H3,(H,14,15). The van der Waals surface area contributed by atoms with E-state index >= 15 is 0 Å². The van der Waals surface area contributed by atoms with Crippen LogP contribution < -0.4 is 15.8 Å². The van der Waals surface area contributed by atoms with Crippen molar-refractivity contribution in [2.45, 2.75) is 12.8 Å². The zero-order valence-corrected chi connectivity index (χ0v) is 9.69. The van der Waals surface area contributed by atoms with E-state index in [2.05, 4.69) is 5.32 Å². The van der Waals surface area contributed by atoms with E-state index in [0.717, 1.165) is 11.3 Å². The molecule has 1 rings (SSSR count). The van der Waals surface area contributed by atoms with Crippen LogP contribution in [0.3, 0.4) is 0 Å². The van der Waals surface area contributed by atoms with Crippen molar-refractivity contribution in [1.82, 2.24) is 5.32 Å².